The van der Waals surface area contributed by atoms with Crippen molar-refractivity contribution in [2.24, 2.45) is 5.92 Å². The van der Waals surface area contributed by atoms with Gasteiger partial charge in [-0.25, -0.2) is 0 Å². The highest BCUT2D eigenvalue weighted by molar-refractivity contribution is 5.67. The van der Waals surface area contributed by atoms with E-state index in [2.05, 4.69) is 16.2 Å². The Morgan fingerprint density at radius 3 is 2.95 bits per heavy atom. The van der Waals surface area contributed by atoms with Crippen molar-refractivity contribution in [3.8, 4) is 17.5 Å². The highest BCUT2D eigenvalue weighted by Crippen LogP contribution is 2.27. The van der Waals surface area contributed by atoms with Gasteiger partial charge in [-0.15, -0.1) is 0 Å². The Hall–Kier alpha value is -2.75. The molecule has 2 rings (SSSR count). The zero-order valence-corrected chi connectivity index (χ0v) is 10.1. The summed E-state index contributed by atoms with van der Waals surface area (Å²) in [7, 11) is 0. The van der Waals surface area contributed by atoms with E-state index in [1.165, 1.54) is 6.07 Å². The Labute approximate surface area is 108 Å². The fraction of sp³-hybridized carbons (Fsp3) is 0.250. The molecular weight excluding hydrogens is 248 g/mol. The molecule has 7 heteroatoms. The van der Waals surface area contributed by atoms with Crippen molar-refractivity contribution < 1.29 is 9.45 Å². The minimum atomic E-state index is -0.497. The number of nitriles is 1. The lowest BCUT2D eigenvalue weighted by molar-refractivity contribution is -0.384. The fourth-order valence-corrected chi connectivity index (χ4v) is 1.58. The van der Waals surface area contributed by atoms with Crippen LogP contribution in [0, 0.1) is 27.4 Å². The molecule has 19 heavy (non-hydrogen) atoms. The molecule has 1 unspecified atom stereocenters. The smallest absolute Gasteiger partial charge is 0.280 e. The van der Waals surface area contributed by atoms with E-state index in [1.54, 1.807) is 25.1 Å². The van der Waals surface area contributed by atoms with E-state index in [-0.39, 0.29) is 17.4 Å². The number of rotatable bonds is 4. The normalized spacial score (nSPS) is 11.8. The molecule has 0 aliphatic heterocycles. The maximum Gasteiger partial charge on any atom is 0.280 e. The number of hydrogen-bond acceptors (Lipinski definition) is 6. The lowest BCUT2D eigenvalue weighted by Gasteiger charge is -1.96. The molecule has 0 saturated heterocycles. The van der Waals surface area contributed by atoms with Crippen LogP contribution in [0.5, 0.6) is 0 Å². The third-order valence-corrected chi connectivity index (χ3v) is 2.51. The van der Waals surface area contributed by atoms with E-state index >= 15 is 0 Å². The minimum absolute atomic E-state index is 0.0804. The maximum atomic E-state index is 10.9. The molecule has 1 aromatic heterocycles. The number of para-hydroxylation sites is 1. The number of benzene rings is 1. The summed E-state index contributed by atoms with van der Waals surface area (Å²) < 4.78 is 4.99. The first-order valence-electron chi connectivity index (χ1n) is 5.58. The molecule has 0 N–H and O–H groups in total. The topological polar surface area (TPSA) is 106 Å². The van der Waals surface area contributed by atoms with Gasteiger partial charge in [-0.05, 0) is 13.0 Å². The molecule has 1 aromatic carbocycles. The van der Waals surface area contributed by atoms with Crippen LogP contribution in [0.2, 0.25) is 0 Å². The van der Waals surface area contributed by atoms with E-state index < -0.39 is 4.92 Å². The third-order valence-electron chi connectivity index (χ3n) is 2.51. The number of aromatic nitrogens is 2. The second-order valence-electron chi connectivity index (χ2n) is 4.02. The predicted molar refractivity (Wildman–Crippen MR) is 64.9 cm³/mol. The van der Waals surface area contributed by atoms with Crippen LogP contribution in [0.25, 0.3) is 11.4 Å². The molecule has 0 saturated carbocycles. The summed E-state index contributed by atoms with van der Waals surface area (Å²) in [5.74, 6) is 0.202. The first-order chi connectivity index (χ1) is 9.11. The van der Waals surface area contributed by atoms with Crippen molar-refractivity contribution in [2.75, 3.05) is 0 Å². The molecule has 0 amide bonds. The van der Waals surface area contributed by atoms with Crippen LogP contribution in [0.4, 0.5) is 5.69 Å². The zero-order valence-electron chi connectivity index (χ0n) is 10.1. The highest BCUT2D eigenvalue weighted by atomic mass is 16.6. The second-order valence-corrected chi connectivity index (χ2v) is 4.02. The van der Waals surface area contributed by atoms with Crippen molar-refractivity contribution in [3.63, 3.8) is 0 Å². The fourth-order valence-electron chi connectivity index (χ4n) is 1.58. The van der Waals surface area contributed by atoms with Gasteiger partial charge in [0.15, 0.2) is 0 Å². The Bertz CT molecular complexity index is 644. The lowest BCUT2D eigenvalue weighted by atomic mass is 10.1. The van der Waals surface area contributed by atoms with E-state index in [4.69, 9.17) is 9.78 Å². The van der Waals surface area contributed by atoms with Crippen molar-refractivity contribution in [2.45, 2.75) is 13.3 Å². The molecule has 0 aliphatic rings. The van der Waals surface area contributed by atoms with Crippen LogP contribution in [0.1, 0.15) is 12.8 Å². The molecular formula is C12H10N4O3. The molecule has 0 bridgehead atoms. The summed E-state index contributed by atoms with van der Waals surface area (Å²) >= 11 is 0. The number of hydrogen-bond donors (Lipinski definition) is 0. The third kappa shape index (κ3) is 2.74. The van der Waals surface area contributed by atoms with Gasteiger partial charge >= 0.3 is 0 Å². The summed E-state index contributed by atoms with van der Waals surface area (Å²) in [6.45, 7) is 1.73. The van der Waals surface area contributed by atoms with E-state index in [0.717, 1.165) is 0 Å². The van der Waals surface area contributed by atoms with Crippen LogP contribution < -0.4 is 0 Å². The highest BCUT2D eigenvalue weighted by Gasteiger charge is 2.19. The van der Waals surface area contributed by atoms with Crippen LogP contribution in [0.3, 0.4) is 0 Å². The van der Waals surface area contributed by atoms with Crippen LogP contribution in [-0.4, -0.2) is 15.1 Å². The first kappa shape index (κ1) is 12.7. The molecule has 0 aliphatic carbocycles. The van der Waals surface area contributed by atoms with Crippen LogP contribution in [-0.2, 0) is 6.42 Å². The largest absolute Gasteiger partial charge is 0.339 e. The monoisotopic (exact) mass is 258 g/mol. The van der Waals surface area contributed by atoms with Crippen molar-refractivity contribution in [1.82, 2.24) is 10.1 Å². The van der Waals surface area contributed by atoms with Crippen molar-refractivity contribution in [1.29, 1.82) is 5.26 Å². The summed E-state index contributed by atoms with van der Waals surface area (Å²) in [6.07, 6.45) is 0.324. The summed E-state index contributed by atoms with van der Waals surface area (Å²) in [6, 6.07) is 8.22. The summed E-state index contributed by atoms with van der Waals surface area (Å²) in [4.78, 5) is 14.5. The SMILES string of the molecule is CC(C#N)Cc1nc(-c2ccccc2[N+](=O)[O-])no1. The summed E-state index contributed by atoms with van der Waals surface area (Å²) in [5, 5.41) is 23.3. The summed E-state index contributed by atoms with van der Waals surface area (Å²) in [5.41, 5.74) is 0.218. The van der Waals surface area contributed by atoms with Crippen molar-refractivity contribution in [3.05, 3.63) is 40.3 Å². The van der Waals surface area contributed by atoms with Gasteiger partial charge in [-0.3, -0.25) is 10.1 Å². The number of nitro benzene ring substituents is 1. The van der Waals surface area contributed by atoms with Gasteiger partial charge < -0.3 is 4.52 Å². The molecule has 1 heterocycles. The van der Waals surface area contributed by atoms with Gasteiger partial charge in [0.2, 0.25) is 11.7 Å². The Morgan fingerprint density at radius 2 is 2.26 bits per heavy atom. The first-order valence-corrected chi connectivity index (χ1v) is 5.58. The molecule has 0 fully saturated rings. The van der Waals surface area contributed by atoms with E-state index in [0.29, 0.717) is 17.9 Å². The van der Waals surface area contributed by atoms with E-state index in [1.807, 2.05) is 0 Å². The molecule has 96 valence electrons. The van der Waals surface area contributed by atoms with Gasteiger partial charge in [-0.2, -0.15) is 10.2 Å². The second kappa shape index (κ2) is 5.27. The molecule has 0 spiro atoms. The maximum absolute atomic E-state index is 10.9. The zero-order chi connectivity index (χ0) is 13.8. The molecule has 2 aromatic rings. The van der Waals surface area contributed by atoms with Crippen molar-refractivity contribution >= 4 is 5.69 Å². The Morgan fingerprint density at radius 1 is 1.53 bits per heavy atom. The lowest BCUT2D eigenvalue weighted by Crippen LogP contribution is -1.96. The van der Waals surface area contributed by atoms with Gasteiger partial charge in [0, 0.05) is 12.5 Å². The minimum Gasteiger partial charge on any atom is -0.339 e. The average Bonchev–Trinajstić information content (AvgIpc) is 2.86. The van der Waals surface area contributed by atoms with E-state index in [9.17, 15) is 10.1 Å². The Balaban J connectivity index is 2.34. The Kier molecular flexibility index (Phi) is 3.52. The molecule has 0 radical (unpaired) electrons. The van der Waals surface area contributed by atoms with Gasteiger partial charge in [0.05, 0.1) is 16.9 Å². The molecule has 7 nitrogen and oxygen atoms in total. The quantitative estimate of drug-likeness (QED) is 0.615. The van der Waals surface area contributed by atoms with Gasteiger partial charge in [-0.1, -0.05) is 17.3 Å². The molecule has 1 atom stereocenters. The van der Waals surface area contributed by atoms with Crippen LogP contribution in [0.15, 0.2) is 28.8 Å². The number of nitro groups is 1. The van der Waals surface area contributed by atoms with Gasteiger partial charge in [0.1, 0.15) is 5.56 Å². The predicted octanol–water partition coefficient (Wildman–Crippen LogP) is 2.35. The number of nitrogens with zero attached hydrogens (tertiary/aromatic N) is 4. The average molecular weight is 258 g/mol. The standard InChI is InChI=1S/C12H10N4O3/c1-8(7-13)6-11-14-12(15-19-11)9-4-2-3-5-10(9)16(17)18/h2-5,8H,6H2,1H3. The van der Waals surface area contributed by atoms with Crippen LogP contribution >= 0.6 is 0 Å². The van der Waals surface area contributed by atoms with Gasteiger partial charge in [0.25, 0.3) is 5.69 Å².